The number of ketones is 1. The lowest BCUT2D eigenvalue weighted by atomic mass is 9.89. The first-order chi connectivity index (χ1) is 10.1. The smallest absolute Gasteiger partial charge is 0.184 e. The zero-order valence-electron chi connectivity index (χ0n) is 12.8. The third-order valence-electron chi connectivity index (χ3n) is 4.55. The summed E-state index contributed by atoms with van der Waals surface area (Å²) in [6.07, 6.45) is 5.37. The van der Waals surface area contributed by atoms with Crippen LogP contribution >= 0.6 is 0 Å². The van der Waals surface area contributed by atoms with Gasteiger partial charge in [0, 0.05) is 17.1 Å². The molecule has 1 aromatic heterocycles. The largest absolute Gasteiger partial charge is 0.292 e. The molecule has 1 aliphatic rings. The number of fused-ring (bicyclic) bond motifs is 1. The summed E-state index contributed by atoms with van der Waals surface area (Å²) < 4.78 is 0. The number of hydrogen-bond donors (Lipinski definition) is 0. The van der Waals surface area contributed by atoms with E-state index in [0.29, 0.717) is 5.56 Å². The Balaban J connectivity index is 1.91. The van der Waals surface area contributed by atoms with Crippen molar-refractivity contribution in [3.05, 3.63) is 42.1 Å². The number of pyridine rings is 1. The third kappa shape index (κ3) is 2.70. The van der Waals surface area contributed by atoms with Crippen LogP contribution in [0.1, 0.15) is 43.5 Å². The number of piperidine rings is 1. The van der Waals surface area contributed by atoms with Crippen LogP contribution in [-0.4, -0.2) is 34.3 Å². The van der Waals surface area contributed by atoms with Gasteiger partial charge in [-0.15, -0.1) is 0 Å². The molecule has 0 spiro atoms. The highest BCUT2D eigenvalue weighted by atomic mass is 16.1. The molecule has 1 fully saturated rings. The van der Waals surface area contributed by atoms with Gasteiger partial charge in [-0.25, -0.2) is 0 Å². The van der Waals surface area contributed by atoms with Gasteiger partial charge in [-0.1, -0.05) is 24.6 Å². The second kappa shape index (κ2) is 5.57. The number of aromatic nitrogens is 1. The Morgan fingerprint density at radius 3 is 2.62 bits per heavy atom. The summed E-state index contributed by atoms with van der Waals surface area (Å²) in [5, 5.41) is 1.03. The van der Waals surface area contributed by atoms with Gasteiger partial charge in [0.1, 0.15) is 0 Å². The number of carbonyl (C=O) groups excluding carboxylic acids is 1. The number of Topliss-reactive ketones (excluding diaryl/α,β-unsaturated/α-hetero) is 1. The molecule has 1 aliphatic heterocycles. The van der Waals surface area contributed by atoms with Crippen LogP contribution in [0.25, 0.3) is 10.9 Å². The number of rotatable bonds is 3. The van der Waals surface area contributed by atoms with Crippen molar-refractivity contribution < 1.29 is 4.79 Å². The molecule has 0 N–H and O–H groups in total. The van der Waals surface area contributed by atoms with E-state index < -0.39 is 5.54 Å². The Kier molecular flexibility index (Phi) is 3.77. The van der Waals surface area contributed by atoms with E-state index >= 15 is 0 Å². The molecule has 2 heterocycles. The Bertz CT molecular complexity index is 657. The van der Waals surface area contributed by atoms with E-state index in [1.165, 1.54) is 19.3 Å². The fourth-order valence-electron chi connectivity index (χ4n) is 3.14. The van der Waals surface area contributed by atoms with Gasteiger partial charge in [0.05, 0.1) is 11.1 Å². The van der Waals surface area contributed by atoms with Crippen molar-refractivity contribution in [3.8, 4) is 0 Å². The summed E-state index contributed by atoms with van der Waals surface area (Å²) >= 11 is 0. The maximum atomic E-state index is 12.9. The van der Waals surface area contributed by atoms with E-state index in [1.54, 1.807) is 6.20 Å². The maximum absolute atomic E-state index is 12.9. The van der Waals surface area contributed by atoms with Crippen molar-refractivity contribution in [2.45, 2.75) is 38.6 Å². The molecule has 3 nitrogen and oxygen atoms in total. The van der Waals surface area contributed by atoms with Crippen LogP contribution in [0.2, 0.25) is 0 Å². The first-order valence-corrected chi connectivity index (χ1v) is 7.74. The van der Waals surface area contributed by atoms with Gasteiger partial charge >= 0.3 is 0 Å². The molecule has 0 amide bonds. The average molecular weight is 282 g/mol. The maximum Gasteiger partial charge on any atom is 0.184 e. The van der Waals surface area contributed by atoms with Crippen LogP contribution in [0.3, 0.4) is 0 Å². The summed E-state index contributed by atoms with van der Waals surface area (Å²) in [6, 6.07) is 9.89. The Morgan fingerprint density at radius 2 is 1.86 bits per heavy atom. The van der Waals surface area contributed by atoms with E-state index in [-0.39, 0.29) is 5.78 Å². The van der Waals surface area contributed by atoms with Crippen molar-refractivity contribution in [2.75, 3.05) is 13.1 Å². The van der Waals surface area contributed by atoms with Crippen LogP contribution in [-0.2, 0) is 0 Å². The number of benzene rings is 1. The molecule has 3 rings (SSSR count). The second-order valence-corrected chi connectivity index (χ2v) is 6.35. The summed E-state index contributed by atoms with van der Waals surface area (Å²) in [4.78, 5) is 19.7. The number of para-hydroxylation sites is 1. The van der Waals surface area contributed by atoms with Crippen molar-refractivity contribution in [1.29, 1.82) is 0 Å². The Labute approximate surface area is 126 Å². The standard InChI is InChI=1S/C18H22N2O/c1-18(2,20-10-6-3-7-11-20)17(21)15-12-14-8-4-5-9-16(14)19-13-15/h4-5,8-9,12-13H,3,6-7,10-11H2,1-2H3. The molecule has 0 aliphatic carbocycles. The first-order valence-electron chi connectivity index (χ1n) is 7.74. The highest BCUT2D eigenvalue weighted by molar-refractivity contribution is 6.04. The van der Waals surface area contributed by atoms with Crippen LogP contribution in [0, 0.1) is 0 Å². The molecular formula is C18H22N2O. The minimum absolute atomic E-state index is 0.169. The lowest BCUT2D eigenvalue weighted by Gasteiger charge is -2.39. The monoisotopic (exact) mass is 282 g/mol. The molecular weight excluding hydrogens is 260 g/mol. The number of nitrogens with zero attached hydrogens (tertiary/aromatic N) is 2. The number of hydrogen-bond acceptors (Lipinski definition) is 3. The van der Waals surface area contributed by atoms with Gasteiger partial charge in [0.2, 0.25) is 0 Å². The minimum Gasteiger partial charge on any atom is -0.292 e. The molecule has 110 valence electrons. The highest BCUT2D eigenvalue weighted by Gasteiger charge is 2.35. The zero-order chi connectivity index (χ0) is 14.9. The van der Waals surface area contributed by atoms with Gasteiger partial charge in [-0.05, 0) is 51.9 Å². The molecule has 1 saturated heterocycles. The molecule has 3 heteroatoms. The number of likely N-dealkylation sites (tertiary alicyclic amines) is 1. The molecule has 0 unspecified atom stereocenters. The fourth-order valence-corrected chi connectivity index (χ4v) is 3.14. The van der Waals surface area contributed by atoms with Crippen molar-refractivity contribution in [1.82, 2.24) is 9.88 Å². The van der Waals surface area contributed by atoms with E-state index in [1.807, 2.05) is 44.2 Å². The average Bonchev–Trinajstić information content (AvgIpc) is 2.54. The molecule has 0 radical (unpaired) electrons. The fraction of sp³-hybridized carbons (Fsp3) is 0.444. The van der Waals surface area contributed by atoms with Crippen LogP contribution < -0.4 is 0 Å². The predicted octanol–water partition coefficient (Wildman–Crippen LogP) is 3.68. The Morgan fingerprint density at radius 1 is 1.14 bits per heavy atom. The summed E-state index contributed by atoms with van der Waals surface area (Å²) in [7, 11) is 0. The van der Waals surface area contributed by atoms with Crippen LogP contribution in [0.4, 0.5) is 0 Å². The molecule has 0 saturated carbocycles. The summed E-state index contributed by atoms with van der Waals surface area (Å²) in [5.74, 6) is 0.169. The molecule has 0 atom stereocenters. The number of carbonyl (C=O) groups is 1. The summed E-state index contributed by atoms with van der Waals surface area (Å²) in [5.41, 5.74) is 1.19. The second-order valence-electron chi connectivity index (χ2n) is 6.35. The molecule has 2 aromatic rings. The van der Waals surface area contributed by atoms with E-state index in [2.05, 4.69) is 9.88 Å². The summed E-state index contributed by atoms with van der Waals surface area (Å²) in [6.45, 7) is 6.10. The minimum atomic E-state index is -0.454. The Hall–Kier alpha value is -1.74. The lowest BCUT2D eigenvalue weighted by molar-refractivity contribution is 0.0579. The van der Waals surface area contributed by atoms with Crippen molar-refractivity contribution in [2.24, 2.45) is 0 Å². The predicted molar refractivity (Wildman–Crippen MR) is 85.6 cm³/mol. The first kappa shape index (κ1) is 14.2. The quantitative estimate of drug-likeness (QED) is 0.805. The molecule has 1 aromatic carbocycles. The van der Waals surface area contributed by atoms with Crippen LogP contribution in [0.5, 0.6) is 0 Å². The van der Waals surface area contributed by atoms with Gasteiger partial charge in [-0.3, -0.25) is 14.7 Å². The van der Waals surface area contributed by atoms with E-state index in [4.69, 9.17) is 0 Å². The lowest BCUT2D eigenvalue weighted by Crippen LogP contribution is -2.52. The molecule has 21 heavy (non-hydrogen) atoms. The van der Waals surface area contributed by atoms with Gasteiger partial charge in [-0.2, -0.15) is 0 Å². The van der Waals surface area contributed by atoms with Crippen LogP contribution in [0.15, 0.2) is 36.5 Å². The van der Waals surface area contributed by atoms with Gasteiger partial charge in [0.25, 0.3) is 0 Å². The van der Waals surface area contributed by atoms with Crippen molar-refractivity contribution >= 4 is 16.7 Å². The highest BCUT2D eigenvalue weighted by Crippen LogP contribution is 2.25. The topological polar surface area (TPSA) is 33.2 Å². The van der Waals surface area contributed by atoms with E-state index in [9.17, 15) is 4.79 Å². The normalized spacial score (nSPS) is 17.0. The molecule has 0 bridgehead atoms. The van der Waals surface area contributed by atoms with E-state index in [0.717, 1.165) is 24.0 Å². The van der Waals surface area contributed by atoms with Gasteiger partial charge < -0.3 is 0 Å². The zero-order valence-corrected chi connectivity index (χ0v) is 12.8. The SMILES string of the molecule is CC(C)(C(=O)c1cnc2ccccc2c1)N1CCCCC1. The van der Waals surface area contributed by atoms with Gasteiger partial charge in [0.15, 0.2) is 5.78 Å². The third-order valence-corrected chi connectivity index (χ3v) is 4.55. The van der Waals surface area contributed by atoms with Crippen molar-refractivity contribution in [3.63, 3.8) is 0 Å².